The van der Waals surface area contributed by atoms with Crippen molar-refractivity contribution in [1.29, 1.82) is 0 Å². The van der Waals surface area contributed by atoms with Crippen molar-refractivity contribution in [3.63, 3.8) is 0 Å². The van der Waals surface area contributed by atoms with Crippen LogP contribution in [0, 0.1) is 10.1 Å². The van der Waals surface area contributed by atoms with Gasteiger partial charge >= 0.3 is 0 Å². The topological polar surface area (TPSA) is 52.4 Å². The fourth-order valence-corrected chi connectivity index (χ4v) is 1.97. The second-order valence-electron chi connectivity index (χ2n) is 2.67. The molecule has 0 aromatic heterocycles. The van der Waals surface area contributed by atoms with Gasteiger partial charge in [0, 0.05) is 4.83 Å². The maximum atomic E-state index is 9.98. The van der Waals surface area contributed by atoms with E-state index in [0.29, 0.717) is 0 Å². The van der Waals surface area contributed by atoms with Crippen molar-refractivity contribution < 1.29 is 9.92 Å². The number of alkyl halides is 1. The predicted molar refractivity (Wildman–Crippen MR) is 43.1 cm³/mol. The summed E-state index contributed by atoms with van der Waals surface area (Å²) in [6, 6.07) is 0. The molecule has 1 fully saturated rings. The van der Waals surface area contributed by atoms with E-state index in [1.54, 1.807) is 0 Å². The lowest BCUT2D eigenvalue weighted by atomic mass is 9.98. The van der Waals surface area contributed by atoms with Crippen molar-refractivity contribution in [2.45, 2.75) is 36.6 Å². The second kappa shape index (κ2) is 3.90. The zero-order chi connectivity index (χ0) is 8.27. The minimum absolute atomic E-state index is 0.154. The Kier molecular flexibility index (Phi) is 3.11. The van der Waals surface area contributed by atoms with Gasteiger partial charge in [0.1, 0.15) is 6.10 Å². The Balaban J connectivity index is 2.35. The first kappa shape index (κ1) is 8.77. The lowest BCUT2D eigenvalue weighted by molar-refractivity contribution is -0.768. The van der Waals surface area contributed by atoms with Crippen LogP contribution in [0.4, 0.5) is 0 Å². The fourth-order valence-electron chi connectivity index (χ4n) is 1.28. The molecular weight excluding hydrogens is 214 g/mol. The third-order valence-electron chi connectivity index (χ3n) is 1.84. The van der Waals surface area contributed by atoms with Gasteiger partial charge in [-0.25, -0.2) is 0 Å². The first-order valence-corrected chi connectivity index (χ1v) is 4.57. The van der Waals surface area contributed by atoms with E-state index >= 15 is 0 Å². The molecule has 0 radical (unpaired) electrons. The predicted octanol–water partition coefficient (Wildman–Crippen LogP) is 1.90. The summed E-state index contributed by atoms with van der Waals surface area (Å²) in [7, 11) is 0. The van der Waals surface area contributed by atoms with Crippen molar-refractivity contribution in [1.82, 2.24) is 0 Å². The highest BCUT2D eigenvalue weighted by atomic mass is 79.9. The van der Waals surface area contributed by atoms with Crippen LogP contribution in [0.25, 0.3) is 0 Å². The number of nitrogens with zero attached hydrogens (tertiary/aromatic N) is 1. The summed E-state index contributed by atoms with van der Waals surface area (Å²) < 4.78 is 0. The Bertz CT molecular complexity index is 153. The SMILES string of the molecule is O=[N+]([O-])O[C@@H]1CCCC[C@@H]1Br. The molecule has 0 N–H and O–H groups in total. The van der Waals surface area contributed by atoms with Gasteiger partial charge in [-0.05, 0) is 12.8 Å². The van der Waals surface area contributed by atoms with E-state index in [-0.39, 0.29) is 10.9 Å². The van der Waals surface area contributed by atoms with Crippen LogP contribution < -0.4 is 0 Å². The van der Waals surface area contributed by atoms with Gasteiger partial charge in [-0.3, -0.25) is 0 Å². The number of halogens is 1. The zero-order valence-electron chi connectivity index (χ0n) is 6.03. The molecule has 0 amide bonds. The van der Waals surface area contributed by atoms with E-state index in [4.69, 9.17) is 0 Å². The molecule has 11 heavy (non-hydrogen) atoms. The van der Waals surface area contributed by atoms with E-state index in [0.717, 1.165) is 25.7 Å². The molecule has 0 unspecified atom stereocenters. The third-order valence-corrected chi connectivity index (χ3v) is 2.89. The highest BCUT2D eigenvalue weighted by Gasteiger charge is 2.25. The molecule has 0 spiro atoms. The summed E-state index contributed by atoms with van der Waals surface area (Å²) in [4.78, 5) is 14.6. The normalized spacial score (nSPS) is 31.4. The van der Waals surface area contributed by atoms with E-state index in [1.807, 2.05) is 0 Å². The van der Waals surface area contributed by atoms with Crippen LogP contribution in [-0.2, 0) is 4.84 Å². The fraction of sp³-hybridized carbons (Fsp3) is 1.00. The van der Waals surface area contributed by atoms with Gasteiger partial charge in [0.25, 0.3) is 5.09 Å². The van der Waals surface area contributed by atoms with Gasteiger partial charge < -0.3 is 4.84 Å². The van der Waals surface area contributed by atoms with Crippen LogP contribution in [0.3, 0.4) is 0 Å². The van der Waals surface area contributed by atoms with Crippen LogP contribution in [0.15, 0.2) is 0 Å². The molecule has 1 aliphatic carbocycles. The van der Waals surface area contributed by atoms with Gasteiger partial charge in [0.2, 0.25) is 0 Å². The summed E-state index contributed by atoms with van der Waals surface area (Å²) >= 11 is 3.35. The van der Waals surface area contributed by atoms with Gasteiger partial charge in [-0.2, -0.15) is 0 Å². The van der Waals surface area contributed by atoms with Crippen molar-refractivity contribution in [3.05, 3.63) is 10.1 Å². The summed E-state index contributed by atoms with van der Waals surface area (Å²) in [6.07, 6.45) is 3.68. The molecule has 4 nitrogen and oxygen atoms in total. The molecule has 0 aromatic rings. The summed E-state index contributed by atoms with van der Waals surface area (Å²) in [5.74, 6) is 0. The molecule has 5 heteroatoms. The first-order valence-electron chi connectivity index (χ1n) is 3.65. The number of rotatable bonds is 2. The quantitative estimate of drug-likeness (QED) is 0.409. The minimum Gasteiger partial charge on any atom is -0.309 e. The van der Waals surface area contributed by atoms with E-state index in [9.17, 15) is 10.1 Å². The van der Waals surface area contributed by atoms with E-state index in [2.05, 4.69) is 20.8 Å². The third kappa shape index (κ3) is 2.65. The van der Waals surface area contributed by atoms with Crippen molar-refractivity contribution in [3.8, 4) is 0 Å². The molecule has 0 heterocycles. The molecule has 2 atom stereocenters. The van der Waals surface area contributed by atoms with Crippen LogP contribution in [-0.4, -0.2) is 16.0 Å². The average Bonchev–Trinajstić information content (AvgIpc) is 1.93. The Labute approximate surface area is 73.1 Å². The lowest BCUT2D eigenvalue weighted by Crippen LogP contribution is -2.29. The Morgan fingerprint density at radius 3 is 2.64 bits per heavy atom. The van der Waals surface area contributed by atoms with Gasteiger partial charge in [0.05, 0.1) is 0 Å². The molecule has 64 valence electrons. The van der Waals surface area contributed by atoms with Gasteiger partial charge in [0.15, 0.2) is 0 Å². The Hall–Kier alpha value is -0.320. The monoisotopic (exact) mass is 223 g/mol. The molecule has 0 aromatic carbocycles. The van der Waals surface area contributed by atoms with E-state index in [1.165, 1.54) is 0 Å². The molecule has 0 aliphatic heterocycles. The maximum absolute atomic E-state index is 9.98. The lowest BCUT2D eigenvalue weighted by Gasteiger charge is -2.24. The van der Waals surface area contributed by atoms with E-state index < -0.39 is 5.09 Å². The van der Waals surface area contributed by atoms with Crippen molar-refractivity contribution >= 4 is 15.9 Å². The smallest absolute Gasteiger partial charge is 0.294 e. The highest BCUT2D eigenvalue weighted by Crippen LogP contribution is 2.26. The second-order valence-corrected chi connectivity index (χ2v) is 3.84. The average molecular weight is 224 g/mol. The number of hydrogen-bond donors (Lipinski definition) is 0. The molecule has 1 saturated carbocycles. The van der Waals surface area contributed by atoms with Gasteiger partial charge in [-0.15, -0.1) is 10.1 Å². The minimum atomic E-state index is -0.704. The standard InChI is InChI=1S/C6H10BrNO3/c7-5-3-1-2-4-6(5)11-8(9)10/h5-6H,1-4H2/t5-,6+/m0/s1. The molecule has 0 saturated heterocycles. The van der Waals surface area contributed by atoms with Crippen LogP contribution in [0.1, 0.15) is 25.7 Å². The Morgan fingerprint density at radius 1 is 1.45 bits per heavy atom. The van der Waals surface area contributed by atoms with Crippen LogP contribution in [0.2, 0.25) is 0 Å². The van der Waals surface area contributed by atoms with Crippen LogP contribution in [0.5, 0.6) is 0 Å². The zero-order valence-corrected chi connectivity index (χ0v) is 7.62. The maximum Gasteiger partial charge on any atom is 0.294 e. The molecule has 1 aliphatic rings. The Morgan fingerprint density at radius 2 is 2.09 bits per heavy atom. The number of hydrogen-bond acceptors (Lipinski definition) is 3. The molecular formula is C6H10BrNO3. The summed E-state index contributed by atoms with van der Waals surface area (Å²) in [5.41, 5.74) is 0. The summed E-state index contributed by atoms with van der Waals surface area (Å²) in [5, 5.41) is 9.27. The summed E-state index contributed by atoms with van der Waals surface area (Å²) in [6.45, 7) is 0. The van der Waals surface area contributed by atoms with Crippen LogP contribution >= 0.6 is 15.9 Å². The molecule has 0 bridgehead atoms. The largest absolute Gasteiger partial charge is 0.309 e. The van der Waals surface area contributed by atoms with Crippen molar-refractivity contribution in [2.24, 2.45) is 0 Å². The highest BCUT2D eigenvalue weighted by molar-refractivity contribution is 9.09. The van der Waals surface area contributed by atoms with Gasteiger partial charge in [-0.1, -0.05) is 28.8 Å². The molecule has 1 rings (SSSR count). The van der Waals surface area contributed by atoms with Crippen molar-refractivity contribution in [2.75, 3.05) is 0 Å². The first-order chi connectivity index (χ1) is 5.20.